The molecule has 0 spiro atoms. The largest absolute Gasteiger partial charge is 0.508 e. The molecule has 0 radical (unpaired) electrons. The first kappa shape index (κ1) is 14.2. The van der Waals surface area contributed by atoms with Crippen LogP contribution in [0.3, 0.4) is 0 Å². The molecular weight excluding hydrogens is 268 g/mol. The minimum atomic E-state index is -0.416. The number of fused-ring (bicyclic) bond motifs is 1. The van der Waals surface area contributed by atoms with Crippen molar-refractivity contribution in [1.82, 2.24) is 10.2 Å². The molecule has 1 saturated carbocycles. The number of likely N-dealkylation sites (N-methyl/N-ethyl adjacent to an activating group) is 1. The Morgan fingerprint density at radius 2 is 2.19 bits per heavy atom. The number of nitrogens with one attached hydrogen (secondary N) is 1. The second-order valence-corrected chi connectivity index (χ2v) is 6.17. The monoisotopic (exact) mass is 290 g/mol. The van der Waals surface area contributed by atoms with Crippen molar-refractivity contribution in [2.24, 2.45) is 5.92 Å². The van der Waals surface area contributed by atoms with Crippen LogP contribution in [0.5, 0.6) is 5.75 Å². The third kappa shape index (κ3) is 2.97. The molecule has 0 aromatic heterocycles. The van der Waals surface area contributed by atoms with E-state index in [1.54, 1.807) is 24.1 Å². The fourth-order valence-corrected chi connectivity index (χ4v) is 3.04. The molecule has 2 amide bonds. The van der Waals surface area contributed by atoms with E-state index >= 15 is 0 Å². The van der Waals surface area contributed by atoms with Gasteiger partial charge in [0.05, 0.1) is 12.1 Å². The first-order chi connectivity index (χ1) is 10.1. The highest BCUT2D eigenvalue weighted by atomic mass is 16.3. The van der Waals surface area contributed by atoms with Crippen LogP contribution >= 0.6 is 0 Å². The molecule has 1 fully saturated rings. The van der Waals surface area contributed by atoms with Crippen molar-refractivity contribution in [2.75, 3.05) is 13.6 Å². The summed E-state index contributed by atoms with van der Waals surface area (Å²) < 4.78 is 0. The van der Waals surface area contributed by atoms with Crippen LogP contribution < -0.4 is 5.32 Å². The van der Waals surface area contributed by atoms with Crippen molar-refractivity contribution < 1.29 is 15.0 Å². The van der Waals surface area contributed by atoms with Crippen LogP contribution in [0.1, 0.15) is 36.4 Å². The van der Waals surface area contributed by atoms with Gasteiger partial charge in [0.2, 0.25) is 0 Å². The van der Waals surface area contributed by atoms with E-state index in [1.165, 1.54) is 0 Å². The minimum absolute atomic E-state index is 0.0554. The second kappa shape index (κ2) is 5.56. The minimum Gasteiger partial charge on any atom is -0.508 e. The van der Waals surface area contributed by atoms with Crippen molar-refractivity contribution in [3.63, 3.8) is 0 Å². The zero-order chi connectivity index (χ0) is 15.0. The molecule has 0 bridgehead atoms. The summed E-state index contributed by atoms with van der Waals surface area (Å²) in [5.41, 5.74) is 1.93. The molecule has 0 aliphatic heterocycles. The smallest absolute Gasteiger partial charge is 0.317 e. The number of nitrogens with zero attached hydrogens (tertiary/aromatic N) is 1. The lowest BCUT2D eigenvalue weighted by Crippen LogP contribution is -2.42. The van der Waals surface area contributed by atoms with Gasteiger partial charge < -0.3 is 20.4 Å². The summed E-state index contributed by atoms with van der Waals surface area (Å²) in [6.07, 6.45) is 3.29. The Kier molecular flexibility index (Phi) is 3.76. The molecule has 1 aromatic rings. The first-order valence-electron chi connectivity index (χ1n) is 7.56. The zero-order valence-corrected chi connectivity index (χ0v) is 12.2. The van der Waals surface area contributed by atoms with Crippen LogP contribution in [0.2, 0.25) is 0 Å². The number of aliphatic hydroxyl groups is 1. The highest BCUT2D eigenvalue weighted by Crippen LogP contribution is 2.36. The van der Waals surface area contributed by atoms with E-state index in [9.17, 15) is 15.0 Å². The summed E-state index contributed by atoms with van der Waals surface area (Å²) in [7, 11) is 1.71. The van der Waals surface area contributed by atoms with Crippen molar-refractivity contribution in [3.05, 3.63) is 29.3 Å². The number of benzene rings is 1. The van der Waals surface area contributed by atoms with Gasteiger partial charge in [-0.2, -0.15) is 0 Å². The van der Waals surface area contributed by atoms with Crippen molar-refractivity contribution in [2.45, 2.75) is 37.8 Å². The normalized spacial score (nSPS) is 21.7. The van der Waals surface area contributed by atoms with Gasteiger partial charge in [0, 0.05) is 13.6 Å². The Hall–Kier alpha value is -1.75. The number of phenolic OH excluding ortho intramolecular Hbond substituents is 1. The standard InChI is InChI=1S/C16H22N2O3/c1-18(9-15(20)10-5-6-10)16(21)17-13-8-7-12-11(13)3-2-4-14(12)19/h2-4,10,13,15,19-20H,5-9H2,1H3,(H,17,21). The number of hydrogen-bond donors (Lipinski definition) is 3. The number of amides is 2. The quantitative estimate of drug-likeness (QED) is 0.791. The number of aromatic hydroxyl groups is 1. The molecule has 0 saturated heterocycles. The van der Waals surface area contributed by atoms with E-state index in [2.05, 4.69) is 5.32 Å². The number of urea groups is 1. The van der Waals surface area contributed by atoms with Gasteiger partial charge in [-0.3, -0.25) is 0 Å². The highest BCUT2D eigenvalue weighted by Gasteiger charge is 2.32. The summed E-state index contributed by atoms with van der Waals surface area (Å²) >= 11 is 0. The predicted molar refractivity (Wildman–Crippen MR) is 79.1 cm³/mol. The summed E-state index contributed by atoms with van der Waals surface area (Å²) in [4.78, 5) is 13.8. The molecule has 2 unspecified atom stereocenters. The number of aliphatic hydroxyl groups excluding tert-OH is 1. The lowest BCUT2D eigenvalue weighted by atomic mass is 10.1. The van der Waals surface area contributed by atoms with Gasteiger partial charge in [-0.25, -0.2) is 4.79 Å². The third-order valence-corrected chi connectivity index (χ3v) is 4.52. The molecular formula is C16H22N2O3. The Bertz CT molecular complexity index is 542. The number of carbonyl (C=O) groups is 1. The summed E-state index contributed by atoms with van der Waals surface area (Å²) in [6, 6.07) is 5.21. The van der Waals surface area contributed by atoms with Gasteiger partial charge in [0.25, 0.3) is 0 Å². The summed E-state index contributed by atoms with van der Waals surface area (Å²) in [5, 5.41) is 22.7. The van der Waals surface area contributed by atoms with Crippen molar-refractivity contribution in [1.29, 1.82) is 0 Å². The van der Waals surface area contributed by atoms with Crippen LogP contribution in [0.4, 0.5) is 4.79 Å². The SMILES string of the molecule is CN(CC(O)C1CC1)C(=O)NC1CCc2c(O)cccc21. The zero-order valence-electron chi connectivity index (χ0n) is 12.2. The Balaban J connectivity index is 1.60. The molecule has 0 heterocycles. The molecule has 5 heteroatoms. The Morgan fingerprint density at radius 1 is 1.43 bits per heavy atom. The molecule has 2 aliphatic carbocycles. The molecule has 21 heavy (non-hydrogen) atoms. The van der Waals surface area contributed by atoms with Gasteiger partial charge in [0.1, 0.15) is 5.75 Å². The van der Waals surface area contributed by atoms with Crippen LogP contribution in [0.25, 0.3) is 0 Å². The van der Waals surface area contributed by atoms with E-state index < -0.39 is 6.10 Å². The molecule has 1 aromatic carbocycles. The van der Waals surface area contributed by atoms with Gasteiger partial charge in [0.15, 0.2) is 0 Å². The van der Waals surface area contributed by atoms with Gasteiger partial charge in [-0.1, -0.05) is 12.1 Å². The summed E-state index contributed by atoms with van der Waals surface area (Å²) in [5.74, 6) is 0.672. The molecule has 2 atom stereocenters. The van der Waals surface area contributed by atoms with Gasteiger partial charge in [-0.05, 0) is 48.8 Å². The number of rotatable bonds is 4. The fourth-order valence-electron chi connectivity index (χ4n) is 3.04. The molecule has 3 rings (SSSR count). The Morgan fingerprint density at radius 3 is 2.90 bits per heavy atom. The van der Waals surface area contributed by atoms with Crippen LogP contribution in [0, 0.1) is 5.92 Å². The second-order valence-electron chi connectivity index (χ2n) is 6.17. The van der Waals surface area contributed by atoms with Crippen molar-refractivity contribution >= 4 is 6.03 Å². The highest BCUT2D eigenvalue weighted by molar-refractivity contribution is 5.74. The molecule has 114 valence electrons. The Labute approximate surface area is 124 Å². The first-order valence-corrected chi connectivity index (χ1v) is 7.56. The van der Waals surface area contributed by atoms with E-state index in [4.69, 9.17) is 0 Å². The van der Waals surface area contributed by atoms with Crippen molar-refractivity contribution in [3.8, 4) is 5.75 Å². The summed E-state index contributed by atoms with van der Waals surface area (Å²) in [6.45, 7) is 0.371. The lowest BCUT2D eigenvalue weighted by Gasteiger charge is -2.23. The molecule has 5 nitrogen and oxygen atoms in total. The van der Waals surface area contributed by atoms with Gasteiger partial charge >= 0.3 is 6.03 Å². The molecule has 3 N–H and O–H groups in total. The van der Waals surface area contributed by atoms with E-state index in [0.717, 1.165) is 36.8 Å². The topological polar surface area (TPSA) is 72.8 Å². The average molecular weight is 290 g/mol. The third-order valence-electron chi connectivity index (χ3n) is 4.52. The fraction of sp³-hybridized carbons (Fsp3) is 0.562. The maximum absolute atomic E-state index is 12.2. The van der Waals surface area contributed by atoms with Gasteiger partial charge in [-0.15, -0.1) is 0 Å². The maximum Gasteiger partial charge on any atom is 0.317 e. The van der Waals surface area contributed by atoms with Crippen LogP contribution in [-0.4, -0.2) is 40.8 Å². The number of hydrogen-bond acceptors (Lipinski definition) is 3. The maximum atomic E-state index is 12.2. The lowest BCUT2D eigenvalue weighted by molar-refractivity contribution is 0.112. The van der Waals surface area contributed by atoms with E-state index in [1.807, 2.05) is 6.07 Å². The van der Waals surface area contributed by atoms with E-state index in [-0.39, 0.29) is 12.1 Å². The molecule has 2 aliphatic rings. The van der Waals surface area contributed by atoms with Crippen LogP contribution in [-0.2, 0) is 6.42 Å². The predicted octanol–water partition coefficient (Wildman–Crippen LogP) is 1.79. The van der Waals surface area contributed by atoms with Crippen LogP contribution in [0.15, 0.2) is 18.2 Å². The number of carbonyl (C=O) groups excluding carboxylic acids is 1. The average Bonchev–Trinajstić information content (AvgIpc) is 3.22. The number of phenols is 1. The van der Waals surface area contributed by atoms with E-state index in [0.29, 0.717) is 18.2 Å².